The monoisotopic (exact) mass is 252 g/mol. The number of primary amides is 1. The molecule has 6 heteroatoms. The molecule has 18 heavy (non-hydrogen) atoms. The Morgan fingerprint density at radius 1 is 1.61 bits per heavy atom. The molecule has 100 valence electrons. The number of hydrogen-bond acceptors (Lipinski definition) is 4. The van der Waals surface area contributed by atoms with Gasteiger partial charge in [0.1, 0.15) is 0 Å². The summed E-state index contributed by atoms with van der Waals surface area (Å²) >= 11 is 0. The number of carbonyl (C=O) groups excluding carboxylic acids is 1. The number of amides is 1. The normalized spacial score (nSPS) is 16.8. The Kier molecular flexibility index (Phi) is 3.96. The predicted octanol–water partition coefficient (Wildman–Crippen LogP) is 0.813. The van der Waals surface area contributed by atoms with Gasteiger partial charge in [0.2, 0.25) is 5.91 Å². The van der Waals surface area contributed by atoms with E-state index in [0.29, 0.717) is 5.69 Å². The van der Waals surface area contributed by atoms with Gasteiger partial charge in [0.15, 0.2) is 0 Å². The first-order valence-electron chi connectivity index (χ1n) is 6.35. The van der Waals surface area contributed by atoms with Crippen molar-refractivity contribution in [1.82, 2.24) is 15.0 Å². The van der Waals surface area contributed by atoms with Crippen LogP contribution in [-0.2, 0) is 22.5 Å². The maximum atomic E-state index is 11.0. The minimum absolute atomic E-state index is 0.118. The largest absolute Gasteiger partial charge is 0.375 e. The van der Waals surface area contributed by atoms with E-state index in [0.717, 1.165) is 24.6 Å². The molecule has 2 rings (SSSR count). The third-order valence-electron chi connectivity index (χ3n) is 3.37. The zero-order chi connectivity index (χ0) is 13.1. The number of carbonyl (C=O) groups is 1. The summed E-state index contributed by atoms with van der Waals surface area (Å²) in [7, 11) is 1.64. The van der Waals surface area contributed by atoms with Crippen LogP contribution in [0.4, 0.5) is 0 Å². The standard InChI is InChI=1S/C12H20N4O2/c1-8(18-2)12-10(7-11(13)17)14-15-16(12)6-5-9-3-4-9/h8-9H,3-7H2,1-2H3,(H2,13,17). The summed E-state index contributed by atoms with van der Waals surface area (Å²) in [4.78, 5) is 11.0. The highest BCUT2D eigenvalue weighted by molar-refractivity contribution is 5.76. The van der Waals surface area contributed by atoms with Crippen LogP contribution in [0.3, 0.4) is 0 Å². The van der Waals surface area contributed by atoms with Crippen molar-refractivity contribution in [3.8, 4) is 0 Å². The lowest BCUT2D eigenvalue weighted by Gasteiger charge is -2.13. The number of ether oxygens (including phenoxy) is 1. The molecule has 6 nitrogen and oxygen atoms in total. The number of methoxy groups -OCH3 is 1. The Balaban J connectivity index is 2.15. The molecule has 1 aliphatic carbocycles. The van der Waals surface area contributed by atoms with E-state index in [1.165, 1.54) is 12.8 Å². The van der Waals surface area contributed by atoms with Crippen LogP contribution < -0.4 is 5.73 Å². The highest BCUT2D eigenvalue weighted by atomic mass is 16.5. The van der Waals surface area contributed by atoms with E-state index in [1.807, 2.05) is 11.6 Å². The van der Waals surface area contributed by atoms with Crippen molar-refractivity contribution in [2.45, 2.75) is 45.3 Å². The molecule has 0 spiro atoms. The van der Waals surface area contributed by atoms with Crippen molar-refractivity contribution in [3.63, 3.8) is 0 Å². The van der Waals surface area contributed by atoms with Crippen LogP contribution in [0.2, 0.25) is 0 Å². The highest BCUT2D eigenvalue weighted by Crippen LogP contribution is 2.33. The SMILES string of the molecule is COC(C)c1c(CC(N)=O)nnn1CCC1CC1. The number of rotatable bonds is 7. The van der Waals surface area contributed by atoms with E-state index in [4.69, 9.17) is 10.5 Å². The molecule has 1 unspecified atom stereocenters. The molecule has 1 aromatic heterocycles. The van der Waals surface area contributed by atoms with Crippen LogP contribution in [-0.4, -0.2) is 28.0 Å². The number of nitrogens with two attached hydrogens (primary N) is 1. The van der Waals surface area contributed by atoms with Crippen LogP contribution in [0.5, 0.6) is 0 Å². The van der Waals surface area contributed by atoms with E-state index in [-0.39, 0.29) is 12.5 Å². The van der Waals surface area contributed by atoms with Crippen LogP contribution in [0, 0.1) is 5.92 Å². The molecule has 1 atom stereocenters. The van der Waals surface area contributed by atoms with Crippen LogP contribution >= 0.6 is 0 Å². The second-order valence-electron chi connectivity index (χ2n) is 4.90. The average Bonchev–Trinajstić information content (AvgIpc) is 3.07. The summed E-state index contributed by atoms with van der Waals surface area (Å²) in [6.45, 7) is 2.76. The van der Waals surface area contributed by atoms with Crippen molar-refractivity contribution >= 4 is 5.91 Å². The van der Waals surface area contributed by atoms with Crippen LogP contribution in [0.25, 0.3) is 0 Å². The van der Waals surface area contributed by atoms with Gasteiger partial charge in [-0.3, -0.25) is 4.79 Å². The second-order valence-corrected chi connectivity index (χ2v) is 4.90. The lowest BCUT2D eigenvalue weighted by molar-refractivity contribution is -0.117. The van der Waals surface area contributed by atoms with Gasteiger partial charge in [0, 0.05) is 13.7 Å². The molecule has 1 amide bonds. The maximum absolute atomic E-state index is 11.0. The summed E-state index contributed by atoms with van der Waals surface area (Å²) in [5, 5.41) is 8.17. The molecular formula is C12H20N4O2. The summed E-state index contributed by atoms with van der Waals surface area (Å²) in [6.07, 6.45) is 3.74. The smallest absolute Gasteiger partial charge is 0.223 e. The Morgan fingerprint density at radius 3 is 2.89 bits per heavy atom. The molecule has 1 heterocycles. The Hall–Kier alpha value is -1.43. The first-order chi connectivity index (χ1) is 8.61. The van der Waals surface area contributed by atoms with Crippen molar-refractivity contribution in [2.75, 3.05) is 7.11 Å². The fourth-order valence-corrected chi connectivity index (χ4v) is 2.08. The molecule has 1 saturated carbocycles. The number of aryl methyl sites for hydroxylation is 1. The van der Waals surface area contributed by atoms with Crippen LogP contribution in [0.1, 0.15) is 43.7 Å². The second kappa shape index (κ2) is 5.48. The Labute approximate surface area is 106 Å². The molecule has 2 N–H and O–H groups in total. The van der Waals surface area contributed by atoms with Crippen molar-refractivity contribution in [2.24, 2.45) is 11.7 Å². The molecule has 1 fully saturated rings. The molecule has 0 aliphatic heterocycles. The third-order valence-corrected chi connectivity index (χ3v) is 3.37. The van der Waals surface area contributed by atoms with Gasteiger partial charge >= 0.3 is 0 Å². The summed E-state index contributed by atoms with van der Waals surface area (Å²) in [6, 6.07) is 0. The van der Waals surface area contributed by atoms with Gasteiger partial charge in [-0.15, -0.1) is 5.10 Å². The van der Waals surface area contributed by atoms with Crippen molar-refractivity contribution in [1.29, 1.82) is 0 Å². The first kappa shape index (κ1) is 13.0. The topological polar surface area (TPSA) is 83.0 Å². The lowest BCUT2D eigenvalue weighted by Crippen LogP contribution is -2.17. The molecule has 0 aromatic carbocycles. The van der Waals surface area contributed by atoms with Crippen LogP contribution in [0.15, 0.2) is 0 Å². The van der Waals surface area contributed by atoms with Gasteiger partial charge < -0.3 is 10.5 Å². The van der Waals surface area contributed by atoms with E-state index in [9.17, 15) is 4.79 Å². The van der Waals surface area contributed by atoms with Gasteiger partial charge in [0.25, 0.3) is 0 Å². The summed E-state index contributed by atoms with van der Waals surface area (Å²) < 4.78 is 7.18. The minimum Gasteiger partial charge on any atom is -0.375 e. The molecule has 0 bridgehead atoms. The minimum atomic E-state index is -0.395. The first-order valence-corrected chi connectivity index (χ1v) is 6.35. The number of hydrogen-bond donors (Lipinski definition) is 1. The number of nitrogens with zero attached hydrogens (tertiary/aromatic N) is 3. The van der Waals surface area contributed by atoms with Gasteiger partial charge in [-0.25, -0.2) is 4.68 Å². The third kappa shape index (κ3) is 3.07. The van der Waals surface area contributed by atoms with E-state index >= 15 is 0 Å². The summed E-state index contributed by atoms with van der Waals surface area (Å²) in [5.74, 6) is 0.438. The van der Waals surface area contributed by atoms with Crippen molar-refractivity contribution < 1.29 is 9.53 Å². The van der Waals surface area contributed by atoms with E-state index < -0.39 is 5.91 Å². The van der Waals surface area contributed by atoms with E-state index in [2.05, 4.69) is 10.3 Å². The fourth-order valence-electron chi connectivity index (χ4n) is 2.08. The summed E-state index contributed by atoms with van der Waals surface area (Å²) in [5.41, 5.74) is 6.72. The van der Waals surface area contributed by atoms with Gasteiger partial charge in [-0.2, -0.15) is 0 Å². The molecule has 0 radical (unpaired) electrons. The molecule has 1 aromatic rings. The molecule has 1 aliphatic rings. The zero-order valence-corrected chi connectivity index (χ0v) is 10.9. The van der Waals surface area contributed by atoms with Gasteiger partial charge in [-0.1, -0.05) is 18.1 Å². The zero-order valence-electron chi connectivity index (χ0n) is 10.9. The lowest BCUT2D eigenvalue weighted by atomic mass is 10.1. The Bertz CT molecular complexity index is 426. The quantitative estimate of drug-likeness (QED) is 0.778. The predicted molar refractivity (Wildman–Crippen MR) is 65.7 cm³/mol. The molecular weight excluding hydrogens is 232 g/mol. The maximum Gasteiger partial charge on any atom is 0.223 e. The highest BCUT2D eigenvalue weighted by Gasteiger charge is 2.24. The fraction of sp³-hybridized carbons (Fsp3) is 0.750. The van der Waals surface area contributed by atoms with Gasteiger partial charge in [0.05, 0.1) is 23.9 Å². The van der Waals surface area contributed by atoms with Gasteiger partial charge in [-0.05, 0) is 19.3 Å². The van der Waals surface area contributed by atoms with E-state index in [1.54, 1.807) is 7.11 Å². The molecule has 0 saturated heterocycles. The Morgan fingerprint density at radius 2 is 2.33 bits per heavy atom. The van der Waals surface area contributed by atoms with Crippen molar-refractivity contribution in [3.05, 3.63) is 11.4 Å². The number of aromatic nitrogens is 3. The average molecular weight is 252 g/mol.